The molecule has 0 aliphatic carbocycles. The lowest BCUT2D eigenvalue weighted by molar-refractivity contribution is -0.155. The molecular formula is C11H14N4O2S2. The predicted molar refractivity (Wildman–Crippen MR) is 72.0 cm³/mol. The first kappa shape index (κ1) is 12.9. The highest BCUT2D eigenvalue weighted by atomic mass is 32.2. The fraction of sp³-hybridized carbons (Fsp3) is 0.636. The van der Waals surface area contributed by atoms with Gasteiger partial charge in [0.2, 0.25) is 11.8 Å². The number of carbonyl (C=O) groups is 2. The van der Waals surface area contributed by atoms with Gasteiger partial charge >= 0.3 is 0 Å². The smallest absolute Gasteiger partial charge is 0.247 e. The fourth-order valence-corrected chi connectivity index (χ4v) is 4.29. The third kappa shape index (κ3) is 2.12. The Morgan fingerprint density at radius 1 is 1.53 bits per heavy atom. The van der Waals surface area contributed by atoms with Crippen LogP contribution in [-0.4, -0.2) is 63.2 Å². The minimum Gasteiger partial charge on any atom is -0.338 e. The zero-order valence-electron chi connectivity index (χ0n) is 10.7. The summed E-state index contributed by atoms with van der Waals surface area (Å²) in [4.78, 5) is 27.4. The van der Waals surface area contributed by atoms with Crippen LogP contribution >= 0.6 is 23.1 Å². The average Bonchev–Trinajstić information content (AvgIpc) is 2.99. The van der Waals surface area contributed by atoms with Crippen LogP contribution in [-0.2, 0) is 9.59 Å². The molecule has 19 heavy (non-hydrogen) atoms. The number of hydrogen-bond donors (Lipinski definition) is 0. The molecule has 0 N–H and O–H groups in total. The van der Waals surface area contributed by atoms with Gasteiger partial charge in [-0.3, -0.25) is 9.59 Å². The molecule has 3 rings (SSSR count). The molecule has 102 valence electrons. The highest BCUT2D eigenvalue weighted by Crippen LogP contribution is 2.33. The van der Waals surface area contributed by atoms with Crippen LogP contribution in [0.5, 0.6) is 0 Å². The van der Waals surface area contributed by atoms with E-state index in [9.17, 15) is 9.59 Å². The minimum absolute atomic E-state index is 0.0202. The Morgan fingerprint density at radius 2 is 2.32 bits per heavy atom. The second kappa shape index (κ2) is 4.75. The highest BCUT2D eigenvalue weighted by molar-refractivity contribution is 8.01. The van der Waals surface area contributed by atoms with E-state index in [-0.39, 0.29) is 23.9 Å². The number of hydrogen-bond acceptors (Lipinski definition) is 6. The van der Waals surface area contributed by atoms with E-state index in [0.717, 1.165) is 15.8 Å². The number of β-lactam (4-membered cyclic amide) rings is 1. The first-order chi connectivity index (χ1) is 9.08. The summed E-state index contributed by atoms with van der Waals surface area (Å²) in [5.41, 5.74) is 0. The summed E-state index contributed by atoms with van der Waals surface area (Å²) in [6, 6.07) is 0.0134. The van der Waals surface area contributed by atoms with Crippen LogP contribution in [0.4, 0.5) is 0 Å². The molecule has 2 aliphatic heterocycles. The molecule has 2 saturated heterocycles. The van der Waals surface area contributed by atoms with E-state index < -0.39 is 0 Å². The summed E-state index contributed by atoms with van der Waals surface area (Å²) in [5.74, 6) is 0.411. The molecule has 3 heterocycles. The van der Waals surface area contributed by atoms with Crippen molar-refractivity contribution in [3.8, 4) is 0 Å². The van der Waals surface area contributed by atoms with Crippen molar-refractivity contribution >= 4 is 34.9 Å². The highest BCUT2D eigenvalue weighted by Gasteiger charge is 2.53. The maximum Gasteiger partial charge on any atom is 0.247 e. The topological polar surface area (TPSA) is 66.4 Å². The number of aromatic nitrogens is 2. The number of carbonyl (C=O) groups excluding carboxylic acids is 2. The normalized spacial score (nSPS) is 25.5. The molecule has 2 fully saturated rings. The largest absolute Gasteiger partial charge is 0.338 e. The van der Waals surface area contributed by atoms with Crippen LogP contribution < -0.4 is 0 Å². The number of rotatable bonds is 3. The number of amides is 2. The van der Waals surface area contributed by atoms with Gasteiger partial charge < -0.3 is 9.80 Å². The Labute approximate surface area is 119 Å². The van der Waals surface area contributed by atoms with Gasteiger partial charge in [-0.15, -0.1) is 10.2 Å². The first-order valence-electron chi connectivity index (χ1n) is 6.07. The Morgan fingerprint density at radius 3 is 3.00 bits per heavy atom. The molecule has 1 aromatic rings. The van der Waals surface area contributed by atoms with Crippen molar-refractivity contribution in [3.05, 3.63) is 5.01 Å². The first-order valence-corrected chi connectivity index (χ1v) is 7.87. The lowest BCUT2D eigenvalue weighted by atomic mass is 9.97. The summed E-state index contributed by atoms with van der Waals surface area (Å²) < 4.78 is 0.804. The number of nitrogens with zero attached hydrogens (tertiary/aromatic N) is 4. The van der Waals surface area contributed by atoms with Crippen LogP contribution in [0.15, 0.2) is 4.34 Å². The standard InChI is InChI=1S/C11H14N4O2S2/c1-6-12-13-11(19-6)18-5-8(16)15-4-3-7-9(15)10(17)14(7)2/h7,9H,3-5H2,1-2H3/t7-,9+/m1/s1. The lowest BCUT2D eigenvalue weighted by Crippen LogP contribution is -2.65. The van der Waals surface area contributed by atoms with Crippen LogP contribution in [0.3, 0.4) is 0 Å². The van der Waals surface area contributed by atoms with E-state index in [1.54, 1.807) is 16.8 Å². The van der Waals surface area contributed by atoms with E-state index in [1.807, 2.05) is 6.92 Å². The summed E-state index contributed by atoms with van der Waals surface area (Å²) >= 11 is 2.88. The van der Waals surface area contributed by atoms with Gasteiger partial charge in [0.05, 0.1) is 11.8 Å². The summed E-state index contributed by atoms with van der Waals surface area (Å²) in [7, 11) is 1.80. The second-order valence-electron chi connectivity index (χ2n) is 4.71. The molecule has 2 amide bonds. The third-order valence-electron chi connectivity index (χ3n) is 3.61. The molecule has 0 bridgehead atoms. The molecule has 2 atom stereocenters. The third-order valence-corrected chi connectivity index (χ3v) is 5.57. The summed E-state index contributed by atoms with van der Waals surface area (Å²) in [5, 5.41) is 8.78. The van der Waals surface area contributed by atoms with Crippen molar-refractivity contribution in [1.82, 2.24) is 20.0 Å². The Bertz CT molecular complexity index is 533. The van der Waals surface area contributed by atoms with Gasteiger partial charge in [-0.05, 0) is 13.3 Å². The van der Waals surface area contributed by atoms with Gasteiger partial charge in [-0.1, -0.05) is 23.1 Å². The van der Waals surface area contributed by atoms with E-state index in [0.29, 0.717) is 12.3 Å². The van der Waals surface area contributed by atoms with E-state index in [1.165, 1.54) is 23.1 Å². The van der Waals surface area contributed by atoms with Crippen LogP contribution in [0.1, 0.15) is 11.4 Å². The Kier molecular flexibility index (Phi) is 3.22. The molecule has 0 aromatic carbocycles. The molecular weight excluding hydrogens is 284 g/mol. The predicted octanol–water partition coefficient (Wildman–Crippen LogP) is 0.380. The number of fused-ring (bicyclic) bond motifs is 1. The van der Waals surface area contributed by atoms with Gasteiger partial charge in [-0.2, -0.15) is 0 Å². The summed E-state index contributed by atoms with van der Waals surface area (Å²) in [6.45, 7) is 2.57. The zero-order valence-corrected chi connectivity index (χ0v) is 12.3. The van der Waals surface area contributed by atoms with Crippen LogP contribution in [0, 0.1) is 6.92 Å². The molecule has 1 aromatic heterocycles. The maximum absolute atomic E-state index is 12.2. The van der Waals surface area contributed by atoms with Crippen molar-refractivity contribution < 1.29 is 9.59 Å². The number of likely N-dealkylation sites (tertiary alicyclic amines) is 2. The van der Waals surface area contributed by atoms with Gasteiger partial charge in [0.1, 0.15) is 11.0 Å². The van der Waals surface area contributed by atoms with E-state index >= 15 is 0 Å². The van der Waals surface area contributed by atoms with Gasteiger partial charge in [0.25, 0.3) is 0 Å². The number of likely N-dealkylation sites (N-methyl/N-ethyl adjacent to an activating group) is 1. The van der Waals surface area contributed by atoms with Crippen LogP contribution in [0.25, 0.3) is 0 Å². The SMILES string of the molecule is Cc1nnc(SCC(=O)N2CC[C@@H]3[C@H]2C(=O)N3C)s1. The molecule has 8 heteroatoms. The molecule has 0 saturated carbocycles. The maximum atomic E-state index is 12.2. The number of aryl methyl sites for hydroxylation is 1. The lowest BCUT2D eigenvalue weighted by Gasteiger charge is -2.43. The average molecular weight is 298 g/mol. The van der Waals surface area contributed by atoms with Gasteiger partial charge in [0, 0.05) is 13.6 Å². The Hall–Kier alpha value is -1.15. The second-order valence-corrected chi connectivity index (χ2v) is 7.12. The Balaban J connectivity index is 1.58. The minimum atomic E-state index is -0.214. The monoisotopic (exact) mass is 298 g/mol. The number of thioether (sulfide) groups is 1. The van der Waals surface area contributed by atoms with Gasteiger partial charge in [0.15, 0.2) is 4.34 Å². The van der Waals surface area contributed by atoms with Crippen molar-refractivity contribution in [2.75, 3.05) is 19.3 Å². The molecule has 0 unspecified atom stereocenters. The van der Waals surface area contributed by atoms with Crippen molar-refractivity contribution in [2.24, 2.45) is 0 Å². The van der Waals surface area contributed by atoms with Crippen LogP contribution in [0.2, 0.25) is 0 Å². The fourth-order valence-electron chi connectivity index (χ4n) is 2.59. The quantitative estimate of drug-likeness (QED) is 0.596. The molecule has 2 aliphatic rings. The molecule has 0 spiro atoms. The van der Waals surface area contributed by atoms with Crippen molar-refractivity contribution in [1.29, 1.82) is 0 Å². The zero-order chi connectivity index (χ0) is 13.6. The van der Waals surface area contributed by atoms with Crippen molar-refractivity contribution in [2.45, 2.75) is 29.8 Å². The van der Waals surface area contributed by atoms with E-state index in [4.69, 9.17) is 0 Å². The van der Waals surface area contributed by atoms with Gasteiger partial charge in [-0.25, -0.2) is 0 Å². The summed E-state index contributed by atoms with van der Waals surface area (Å²) in [6.07, 6.45) is 0.890. The van der Waals surface area contributed by atoms with E-state index in [2.05, 4.69) is 10.2 Å². The van der Waals surface area contributed by atoms with Crippen molar-refractivity contribution in [3.63, 3.8) is 0 Å². The molecule has 6 nitrogen and oxygen atoms in total. The molecule has 0 radical (unpaired) electrons.